The van der Waals surface area contributed by atoms with Crippen LogP contribution in [0.3, 0.4) is 0 Å². The number of carbonyl (C=O) groups excluding carboxylic acids is 2. The van der Waals surface area contributed by atoms with Gasteiger partial charge < -0.3 is 20.9 Å². The molecule has 7 heteroatoms. The van der Waals surface area contributed by atoms with E-state index in [9.17, 15) is 14.0 Å². The van der Waals surface area contributed by atoms with E-state index in [4.69, 9.17) is 11.3 Å². The van der Waals surface area contributed by atoms with Crippen molar-refractivity contribution in [3.05, 3.63) is 166 Å². The zero-order valence-corrected chi connectivity index (χ0v) is 26.1. The van der Waals surface area contributed by atoms with Crippen molar-refractivity contribution >= 4 is 17.8 Å². The molecular formula is C40H30F2LiNO3-2. The molecule has 7 rings (SSSR count). The number of hydrogen-bond acceptors (Lipinski definition) is 3. The third kappa shape index (κ3) is 5.93. The molecule has 47 heavy (non-hydrogen) atoms. The molecule has 3 aliphatic rings. The number of carbonyl (C=O) groups is 2. The van der Waals surface area contributed by atoms with Crippen LogP contribution in [0.4, 0.5) is 8.78 Å². The Morgan fingerprint density at radius 1 is 0.957 bits per heavy atom. The molecule has 1 heterocycles. The van der Waals surface area contributed by atoms with Crippen molar-refractivity contribution in [3.8, 4) is 11.1 Å². The van der Waals surface area contributed by atoms with Crippen molar-refractivity contribution < 1.29 is 42.0 Å². The summed E-state index contributed by atoms with van der Waals surface area (Å²) >= 11 is 0. The minimum Gasteiger partial charge on any atom is -0.523 e. The summed E-state index contributed by atoms with van der Waals surface area (Å²) in [6.07, 6.45) is 9.79. The number of ether oxygens (including phenoxy) is 1. The molecular weight excluding hydrogens is 587 g/mol. The molecule has 2 aliphatic carbocycles. The molecule has 0 fully saturated rings. The van der Waals surface area contributed by atoms with Crippen LogP contribution in [0.5, 0.6) is 0 Å². The maximum Gasteiger partial charge on any atom is 1.00 e. The Hall–Kier alpha value is -4.50. The van der Waals surface area contributed by atoms with E-state index in [1.54, 1.807) is 12.1 Å². The van der Waals surface area contributed by atoms with Crippen molar-refractivity contribution in [3.63, 3.8) is 0 Å². The summed E-state index contributed by atoms with van der Waals surface area (Å²) in [5.41, 5.74) is 7.03. The summed E-state index contributed by atoms with van der Waals surface area (Å²) in [6, 6.07) is 25.2. The molecule has 4 nitrogen and oxygen atoms in total. The van der Waals surface area contributed by atoms with Gasteiger partial charge in [0.1, 0.15) is 18.2 Å². The summed E-state index contributed by atoms with van der Waals surface area (Å²) in [6.45, 7) is 5.81. The topological polar surface area (TPSA) is 46.6 Å². The molecule has 0 N–H and O–H groups in total. The fourth-order valence-electron chi connectivity index (χ4n) is 7.02. The van der Waals surface area contributed by atoms with E-state index in [0.717, 1.165) is 33.9 Å². The number of nitrogens with zero attached hydrogens (tertiary/aromatic N) is 1. The van der Waals surface area contributed by atoms with Crippen molar-refractivity contribution in [2.75, 3.05) is 6.54 Å². The van der Waals surface area contributed by atoms with Crippen LogP contribution < -0.4 is 18.9 Å². The molecule has 4 aromatic rings. The predicted octanol–water partition coefficient (Wildman–Crippen LogP) is 4.66. The second-order valence-electron chi connectivity index (χ2n) is 11.9. The van der Waals surface area contributed by atoms with Gasteiger partial charge in [0.2, 0.25) is 0 Å². The van der Waals surface area contributed by atoms with E-state index < -0.39 is 28.7 Å². The van der Waals surface area contributed by atoms with Crippen molar-refractivity contribution in [1.29, 1.82) is 0 Å². The average Bonchev–Trinajstić information content (AvgIpc) is 3.53. The fourth-order valence-corrected chi connectivity index (χ4v) is 7.02. The molecule has 1 atom stereocenters. The zero-order chi connectivity index (χ0) is 31.8. The van der Waals surface area contributed by atoms with Crippen molar-refractivity contribution in [2.24, 2.45) is 0 Å². The molecule has 2 bridgehead atoms. The Balaban J connectivity index is 0.00000386. The van der Waals surface area contributed by atoms with Gasteiger partial charge in [0, 0.05) is 30.2 Å². The van der Waals surface area contributed by atoms with Gasteiger partial charge in [-0.25, -0.2) is 8.78 Å². The average molecular weight is 618 g/mol. The zero-order valence-electron chi connectivity index (χ0n) is 26.1. The minimum absolute atomic E-state index is 0. The smallest absolute Gasteiger partial charge is 0.523 e. The molecule has 1 spiro atoms. The van der Waals surface area contributed by atoms with Gasteiger partial charge in [-0.05, 0) is 58.5 Å². The van der Waals surface area contributed by atoms with Crippen LogP contribution in [0.15, 0.2) is 102 Å². The van der Waals surface area contributed by atoms with E-state index in [-0.39, 0.29) is 44.3 Å². The van der Waals surface area contributed by atoms with Crippen LogP contribution in [0.1, 0.15) is 46.2 Å². The number of fused-ring (bicyclic) bond motifs is 4. The number of allylic oxidation sites excluding steroid dienone is 2. The Bertz CT molecular complexity index is 1950. The molecule has 230 valence electrons. The van der Waals surface area contributed by atoms with E-state index >= 15 is 4.39 Å². The van der Waals surface area contributed by atoms with Gasteiger partial charge in [-0.2, -0.15) is 12.5 Å². The second kappa shape index (κ2) is 13.3. The molecule has 0 saturated heterocycles. The Kier molecular flexibility index (Phi) is 9.19. The molecule has 0 aromatic heterocycles. The van der Waals surface area contributed by atoms with Crippen LogP contribution in [-0.4, -0.2) is 23.1 Å². The van der Waals surface area contributed by atoms with Crippen LogP contribution >= 0.6 is 0 Å². The third-order valence-corrected chi connectivity index (χ3v) is 9.13. The summed E-state index contributed by atoms with van der Waals surface area (Å²) in [7, 11) is 0. The standard InChI is InChI=1S/C40H30F2NO3.Li/c1-2-37(44)38(46-25-26-10-4-3-5-11-26)23-39(45)43-17-9-8-16-40-30(18-27-12-6-7-13-34(27)40)19-28-21-36(42)33(22-35(28)40)32-15-14-31(41)20-29(32)24-43;/h1-7,10-16,18,20-22H,8-9,17,19,24-25H2;/q-3;+1. The number of ketones is 1. The molecule has 1 aliphatic heterocycles. The van der Waals surface area contributed by atoms with Crippen LogP contribution in [0.25, 0.3) is 17.2 Å². The van der Waals surface area contributed by atoms with Gasteiger partial charge in [-0.1, -0.05) is 95.3 Å². The van der Waals surface area contributed by atoms with Gasteiger partial charge >= 0.3 is 18.9 Å². The number of amides is 1. The first kappa shape index (κ1) is 32.4. The fraction of sp³-hybridized carbons (Fsp3) is 0.175. The van der Waals surface area contributed by atoms with Crippen LogP contribution in [-0.2, 0) is 39.3 Å². The first-order valence-corrected chi connectivity index (χ1v) is 15.3. The van der Waals surface area contributed by atoms with E-state index in [2.05, 4.69) is 30.7 Å². The summed E-state index contributed by atoms with van der Waals surface area (Å²) < 4.78 is 36.4. The first-order valence-electron chi connectivity index (χ1n) is 15.3. The Morgan fingerprint density at radius 3 is 2.55 bits per heavy atom. The van der Waals surface area contributed by atoms with Crippen LogP contribution in [0.2, 0.25) is 0 Å². The Morgan fingerprint density at radius 2 is 1.74 bits per heavy atom. The van der Waals surface area contributed by atoms with Gasteiger partial charge in [0.05, 0.1) is 0 Å². The van der Waals surface area contributed by atoms with Gasteiger partial charge in [-0.3, -0.25) is 11.4 Å². The minimum atomic E-state index is -0.687. The molecule has 4 aromatic carbocycles. The predicted molar refractivity (Wildman–Crippen MR) is 172 cm³/mol. The van der Waals surface area contributed by atoms with Gasteiger partial charge in [0.25, 0.3) is 0 Å². The number of halogens is 2. The summed E-state index contributed by atoms with van der Waals surface area (Å²) in [5.74, 6) is -2.53. The number of benzene rings is 4. The van der Waals surface area contributed by atoms with Crippen molar-refractivity contribution in [2.45, 2.75) is 37.8 Å². The first-order chi connectivity index (χ1) is 22.4. The molecule has 0 radical (unpaired) electrons. The molecule has 1 unspecified atom stereocenters. The number of rotatable bonds is 6. The summed E-state index contributed by atoms with van der Waals surface area (Å²) in [4.78, 5) is 27.9. The molecule has 1 amide bonds. The second-order valence-corrected chi connectivity index (χ2v) is 11.9. The third-order valence-electron chi connectivity index (χ3n) is 9.13. The van der Waals surface area contributed by atoms with E-state index in [1.807, 2.05) is 48.5 Å². The number of hydrogen-bond donors (Lipinski definition) is 0. The SMILES string of the molecule is [CH-]=CC(=O)C(=[C-]C(=O)N1CCC[CH-]C23C(=Cc4ccccc42)Cc2cc(F)c(cc23)-c2ccc(F)cc2C1)OCc1ccccc1.[Li+]. The maximum absolute atomic E-state index is 15.9. The molecule has 0 saturated carbocycles. The Labute approximate surface area is 285 Å². The monoisotopic (exact) mass is 617 g/mol. The van der Waals surface area contributed by atoms with E-state index in [1.165, 1.54) is 22.6 Å². The normalized spacial score (nSPS) is 18.0. The summed E-state index contributed by atoms with van der Waals surface area (Å²) in [5, 5.41) is 0. The maximum atomic E-state index is 15.9. The largest absolute Gasteiger partial charge is 1.00 e. The van der Waals surface area contributed by atoms with E-state index in [0.29, 0.717) is 36.0 Å². The van der Waals surface area contributed by atoms with Crippen LogP contribution in [0, 0.1) is 30.7 Å². The van der Waals surface area contributed by atoms with Gasteiger partial charge in [-0.15, -0.1) is 6.08 Å². The quantitative estimate of drug-likeness (QED) is 0.137. The van der Waals surface area contributed by atoms with Crippen molar-refractivity contribution in [1.82, 2.24) is 4.90 Å². The van der Waals surface area contributed by atoms with Gasteiger partial charge in [0.15, 0.2) is 5.91 Å².